The molecular weight excluding hydrogens is 202 g/mol. The predicted octanol–water partition coefficient (Wildman–Crippen LogP) is 2.36. The molecule has 0 amide bonds. The fraction of sp³-hybridized carbons (Fsp3) is 0.400. The quantitative estimate of drug-likeness (QED) is 0.788. The van der Waals surface area contributed by atoms with Crippen molar-refractivity contribution in [2.24, 2.45) is 5.90 Å². The van der Waals surface area contributed by atoms with Crippen LogP contribution in [0.15, 0.2) is 6.07 Å². The number of nitrogens with two attached hydrogens (primary N) is 1. The molecule has 0 bridgehead atoms. The number of halogens is 1. The van der Waals surface area contributed by atoms with Crippen LogP contribution in [0.1, 0.15) is 16.7 Å². The summed E-state index contributed by atoms with van der Waals surface area (Å²) in [5.41, 5.74) is 2.90. The van der Waals surface area contributed by atoms with Gasteiger partial charge in [0.2, 0.25) is 0 Å². The van der Waals surface area contributed by atoms with Gasteiger partial charge in [0.1, 0.15) is 5.75 Å². The Bertz CT molecular complexity index is 339. The van der Waals surface area contributed by atoms with Crippen LogP contribution in [0.3, 0.4) is 0 Å². The molecule has 0 aliphatic heterocycles. The Morgan fingerprint density at radius 3 is 2.50 bits per heavy atom. The molecule has 78 valence electrons. The topological polar surface area (TPSA) is 44.5 Å². The van der Waals surface area contributed by atoms with Crippen molar-refractivity contribution in [3.63, 3.8) is 0 Å². The minimum atomic E-state index is 0.336. The van der Waals surface area contributed by atoms with E-state index in [0.717, 1.165) is 22.4 Å². The zero-order chi connectivity index (χ0) is 10.7. The summed E-state index contributed by atoms with van der Waals surface area (Å²) in [4.78, 5) is 4.59. The lowest BCUT2D eigenvalue weighted by Gasteiger charge is -2.13. The third-order valence-corrected chi connectivity index (χ3v) is 2.66. The summed E-state index contributed by atoms with van der Waals surface area (Å²) in [6.07, 6.45) is 0. The first-order valence-electron chi connectivity index (χ1n) is 4.26. The molecule has 0 aromatic heterocycles. The fourth-order valence-corrected chi connectivity index (χ4v) is 1.67. The molecule has 0 saturated carbocycles. The van der Waals surface area contributed by atoms with Gasteiger partial charge in [-0.25, -0.2) is 5.90 Å². The third-order valence-electron chi connectivity index (χ3n) is 2.27. The first kappa shape index (κ1) is 11.3. The van der Waals surface area contributed by atoms with Crippen LogP contribution < -0.4 is 10.6 Å². The Balaban J connectivity index is 3.27. The fourth-order valence-electron chi connectivity index (χ4n) is 1.45. The van der Waals surface area contributed by atoms with Crippen LogP contribution in [0.2, 0.25) is 5.02 Å². The SMILES string of the molecule is COc1c(C)c(Cl)cc(CON)c1C. The van der Waals surface area contributed by atoms with E-state index in [1.165, 1.54) is 0 Å². The van der Waals surface area contributed by atoms with Gasteiger partial charge in [-0.1, -0.05) is 11.6 Å². The highest BCUT2D eigenvalue weighted by molar-refractivity contribution is 6.31. The molecule has 0 radical (unpaired) electrons. The van der Waals surface area contributed by atoms with Crippen molar-refractivity contribution in [3.8, 4) is 5.75 Å². The molecular formula is C10H14ClNO2. The third kappa shape index (κ3) is 2.00. The van der Waals surface area contributed by atoms with Gasteiger partial charge in [0, 0.05) is 10.6 Å². The Morgan fingerprint density at radius 2 is 2.00 bits per heavy atom. The van der Waals surface area contributed by atoms with Gasteiger partial charge in [-0.05, 0) is 31.0 Å². The summed E-state index contributed by atoms with van der Waals surface area (Å²) < 4.78 is 5.26. The first-order chi connectivity index (χ1) is 6.61. The van der Waals surface area contributed by atoms with E-state index in [2.05, 4.69) is 4.84 Å². The van der Waals surface area contributed by atoms with Gasteiger partial charge in [0.25, 0.3) is 0 Å². The number of hydrogen-bond donors (Lipinski definition) is 1. The molecule has 1 rings (SSSR count). The average Bonchev–Trinajstić information content (AvgIpc) is 2.16. The molecule has 0 heterocycles. The molecule has 1 aromatic carbocycles. The lowest BCUT2D eigenvalue weighted by molar-refractivity contribution is 0.123. The van der Waals surface area contributed by atoms with Crippen molar-refractivity contribution in [3.05, 3.63) is 27.8 Å². The maximum atomic E-state index is 6.03. The van der Waals surface area contributed by atoms with Gasteiger partial charge in [-0.2, -0.15) is 0 Å². The summed E-state index contributed by atoms with van der Waals surface area (Å²) in [6, 6.07) is 1.85. The summed E-state index contributed by atoms with van der Waals surface area (Å²) in [5, 5.41) is 0.666. The van der Waals surface area contributed by atoms with Gasteiger partial charge < -0.3 is 4.74 Å². The molecule has 0 aliphatic rings. The summed E-state index contributed by atoms with van der Waals surface area (Å²) in [7, 11) is 1.62. The maximum Gasteiger partial charge on any atom is 0.126 e. The van der Waals surface area contributed by atoms with Gasteiger partial charge in [-0.3, -0.25) is 4.84 Å². The smallest absolute Gasteiger partial charge is 0.126 e. The second-order valence-corrected chi connectivity index (χ2v) is 3.52. The number of hydrogen-bond acceptors (Lipinski definition) is 3. The molecule has 0 atom stereocenters. The molecule has 0 saturated heterocycles. The second-order valence-electron chi connectivity index (χ2n) is 3.11. The molecule has 4 heteroatoms. The minimum Gasteiger partial charge on any atom is -0.496 e. The van der Waals surface area contributed by atoms with Crippen LogP contribution in [0, 0.1) is 13.8 Å². The van der Waals surface area contributed by atoms with Crippen LogP contribution in [-0.2, 0) is 11.4 Å². The zero-order valence-corrected chi connectivity index (χ0v) is 9.31. The second kappa shape index (κ2) is 4.64. The molecule has 1 aromatic rings. The molecule has 0 fully saturated rings. The average molecular weight is 216 g/mol. The molecule has 3 nitrogen and oxygen atoms in total. The highest BCUT2D eigenvalue weighted by Gasteiger charge is 2.11. The standard InChI is InChI=1S/C10H14ClNO2/c1-6-8(5-14-12)4-9(11)7(2)10(6)13-3/h4H,5,12H2,1-3H3. The van der Waals surface area contributed by atoms with E-state index in [4.69, 9.17) is 22.2 Å². The Kier molecular flexibility index (Phi) is 3.75. The molecule has 0 unspecified atom stereocenters. The minimum absolute atomic E-state index is 0.336. The van der Waals surface area contributed by atoms with Crippen molar-refractivity contribution < 1.29 is 9.57 Å². The van der Waals surface area contributed by atoms with E-state index in [0.29, 0.717) is 11.6 Å². The Hall–Kier alpha value is -0.770. The van der Waals surface area contributed by atoms with Crippen molar-refractivity contribution in [2.45, 2.75) is 20.5 Å². The number of ether oxygens (including phenoxy) is 1. The van der Waals surface area contributed by atoms with Gasteiger partial charge in [0.15, 0.2) is 0 Å². The predicted molar refractivity (Wildman–Crippen MR) is 56.5 cm³/mol. The summed E-state index contributed by atoms with van der Waals surface area (Å²) in [6.45, 7) is 4.21. The summed E-state index contributed by atoms with van der Waals surface area (Å²) >= 11 is 6.03. The van der Waals surface area contributed by atoms with Crippen molar-refractivity contribution in [1.82, 2.24) is 0 Å². The van der Waals surface area contributed by atoms with Crippen LogP contribution in [-0.4, -0.2) is 7.11 Å². The van der Waals surface area contributed by atoms with Crippen LogP contribution >= 0.6 is 11.6 Å². The van der Waals surface area contributed by atoms with E-state index in [9.17, 15) is 0 Å². The van der Waals surface area contributed by atoms with Crippen molar-refractivity contribution in [2.75, 3.05) is 7.11 Å². The van der Waals surface area contributed by atoms with Gasteiger partial charge >= 0.3 is 0 Å². The number of methoxy groups -OCH3 is 1. The number of rotatable bonds is 3. The van der Waals surface area contributed by atoms with Crippen molar-refractivity contribution in [1.29, 1.82) is 0 Å². The number of benzene rings is 1. The van der Waals surface area contributed by atoms with E-state index in [-0.39, 0.29) is 0 Å². The van der Waals surface area contributed by atoms with E-state index in [1.54, 1.807) is 7.11 Å². The largest absolute Gasteiger partial charge is 0.496 e. The van der Waals surface area contributed by atoms with Crippen LogP contribution in [0.25, 0.3) is 0 Å². The van der Waals surface area contributed by atoms with Gasteiger partial charge in [-0.15, -0.1) is 0 Å². The molecule has 0 spiro atoms. The first-order valence-corrected chi connectivity index (χ1v) is 4.63. The monoisotopic (exact) mass is 215 g/mol. The lowest BCUT2D eigenvalue weighted by Crippen LogP contribution is -2.03. The van der Waals surface area contributed by atoms with E-state index < -0.39 is 0 Å². The molecule has 0 aliphatic carbocycles. The van der Waals surface area contributed by atoms with Crippen LogP contribution in [0.4, 0.5) is 0 Å². The van der Waals surface area contributed by atoms with E-state index >= 15 is 0 Å². The normalized spacial score (nSPS) is 10.4. The Morgan fingerprint density at radius 1 is 1.36 bits per heavy atom. The molecule has 14 heavy (non-hydrogen) atoms. The zero-order valence-electron chi connectivity index (χ0n) is 8.56. The molecule has 2 N–H and O–H groups in total. The van der Waals surface area contributed by atoms with Crippen LogP contribution in [0.5, 0.6) is 5.75 Å². The Labute approximate surface area is 88.7 Å². The highest BCUT2D eigenvalue weighted by Crippen LogP contribution is 2.32. The van der Waals surface area contributed by atoms with Crippen molar-refractivity contribution >= 4 is 11.6 Å². The maximum absolute atomic E-state index is 6.03. The van der Waals surface area contributed by atoms with Gasteiger partial charge in [0.05, 0.1) is 13.7 Å². The highest BCUT2D eigenvalue weighted by atomic mass is 35.5. The summed E-state index contributed by atoms with van der Waals surface area (Å²) in [5.74, 6) is 5.82. The van der Waals surface area contributed by atoms with E-state index in [1.807, 2.05) is 19.9 Å². The lowest BCUT2D eigenvalue weighted by atomic mass is 10.0.